The molecule has 1 aliphatic carbocycles. The smallest absolute Gasteiger partial charge is 0.137 e. The van der Waals surface area contributed by atoms with E-state index >= 15 is 0 Å². The van der Waals surface area contributed by atoms with Crippen LogP contribution in [0, 0.1) is 5.92 Å². The van der Waals surface area contributed by atoms with Crippen LogP contribution in [0.2, 0.25) is 0 Å². The lowest BCUT2D eigenvalue weighted by molar-refractivity contribution is -0.133. The lowest BCUT2D eigenvalue weighted by Crippen LogP contribution is -2.30. The van der Waals surface area contributed by atoms with Crippen LogP contribution in [0.3, 0.4) is 0 Å². The minimum atomic E-state index is -0.276. The van der Waals surface area contributed by atoms with Gasteiger partial charge in [0.15, 0.2) is 0 Å². The van der Waals surface area contributed by atoms with Crippen molar-refractivity contribution in [3.05, 3.63) is 59.7 Å². The molecular weight excluding hydrogens is 336 g/mol. The second kappa shape index (κ2) is 7.95. The molecule has 3 rings (SSSR count). The van der Waals surface area contributed by atoms with Crippen molar-refractivity contribution in [3.8, 4) is 0 Å². The van der Waals surface area contributed by atoms with E-state index in [-0.39, 0.29) is 23.4 Å². The van der Waals surface area contributed by atoms with E-state index in [4.69, 9.17) is 0 Å². The van der Waals surface area contributed by atoms with E-state index < -0.39 is 0 Å². The molecule has 0 aromatic heterocycles. The van der Waals surface area contributed by atoms with Gasteiger partial charge in [0.05, 0.1) is 0 Å². The van der Waals surface area contributed by atoms with Gasteiger partial charge < -0.3 is 9.80 Å². The monoisotopic (exact) mass is 364 g/mol. The Morgan fingerprint density at radius 2 is 1.19 bits per heavy atom. The summed E-state index contributed by atoms with van der Waals surface area (Å²) in [6.07, 6.45) is 1.10. The maximum Gasteiger partial charge on any atom is 0.137 e. The number of hydrogen-bond acceptors (Lipinski definition) is 4. The van der Waals surface area contributed by atoms with Crippen LogP contribution < -0.4 is 9.80 Å². The normalized spacial score (nSPS) is 17.3. The van der Waals surface area contributed by atoms with Crippen LogP contribution in [-0.2, 0) is 9.59 Å². The number of rotatable bonds is 5. The van der Waals surface area contributed by atoms with Gasteiger partial charge in [0, 0.05) is 70.7 Å². The van der Waals surface area contributed by atoms with Gasteiger partial charge in [-0.1, -0.05) is 24.3 Å². The molecule has 0 amide bonds. The molecule has 1 saturated carbocycles. The van der Waals surface area contributed by atoms with Crippen molar-refractivity contribution in [1.29, 1.82) is 0 Å². The van der Waals surface area contributed by atoms with E-state index in [1.54, 1.807) is 0 Å². The highest BCUT2D eigenvalue weighted by Gasteiger charge is 2.35. The van der Waals surface area contributed by atoms with Gasteiger partial charge in [0.2, 0.25) is 0 Å². The molecule has 2 aromatic carbocycles. The molecule has 1 atom stereocenters. The number of nitrogens with zero attached hydrogens (tertiary/aromatic N) is 2. The summed E-state index contributed by atoms with van der Waals surface area (Å²) in [7, 11) is 8.04. The number of carbonyl (C=O) groups is 2. The van der Waals surface area contributed by atoms with Crippen molar-refractivity contribution in [2.45, 2.75) is 25.2 Å². The Labute approximate surface area is 161 Å². The third-order valence-electron chi connectivity index (χ3n) is 5.45. The summed E-state index contributed by atoms with van der Waals surface area (Å²) in [6.45, 7) is 0. The highest BCUT2D eigenvalue weighted by atomic mass is 16.1. The molecule has 2 aromatic rings. The van der Waals surface area contributed by atoms with Crippen LogP contribution in [0.15, 0.2) is 48.5 Å². The summed E-state index contributed by atoms with van der Waals surface area (Å²) < 4.78 is 0. The summed E-state index contributed by atoms with van der Waals surface area (Å²) in [5, 5.41) is 0. The zero-order valence-corrected chi connectivity index (χ0v) is 16.6. The minimum absolute atomic E-state index is 0.0887. The Kier molecular flexibility index (Phi) is 5.64. The molecule has 0 saturated heterocycles. The molecule has 0 unspecified atom stereocenters. The number of hydrogen-bond donors (Lipinski definition) is 0. The van der Waals surface area contributed by atoms with Gasteiger partial charge in [-0.3, -0.25) is 9.59 Å². The van der Waals surface area contributed by atoms with Gasteiger partial charge in [0.25, 0.3) is 0 Å². The van der Waals surface area contributed by atoms with Crippen LogP contribution in [-0.4, -0.2) is 39.8 Å². The largest absolute Gasteiger partial charge is 0.378 e. The number of Topliss-reactive ketones (excluding diaryl/α,β-unsaturated/α-hetero) is 2. The van der Waals surface area contributed by atoms with Crippen LogP contribution in [0.5, 0.6) is 0 Å². The van der Waals surface area contributed by atoms with Gasteiger partial charge >= 0.3 is 0 Å². The van der Waals surface area contributed by atoms with E-state index in [0.29, 0.717) is 19.3 Å². The van der Waals surface area contributed by atoms with Crippen LogP contribution in [0.4, 0.5) is 11.4 Å². The molecule has 1 fully saturated rings. The molecule has 1 aliphatic rings. The number of anilines is 2. The molecule has 0 aliphatic heterocycles. The number of benzene rings is 2. The van der Waals surface area contributed by atoms with E-state index in [1.165, 1.54) is 0 Å². The van der Waals surface area contributed by atoms with Crippen molar-refractivity contribution in [1.82, 2.24) is 0 Å². The molecule has 0 spiro atoms. The second-order valence-corrected chi connectivity index (χ2v) is 7.77. The van der Waals surface area contributed by atoms with Crippen LogP contribution in [0.1, 0.15) is 36.3 Å². The summed E-state index contributed by atoms with van der Waals surface area (Å²) in [5.41, 5.74) is 4.41. The average molecular weight is 364 g/mol. The molecule has 27 heavy (non-hydrogen) atoms. The SMILES string of the molecule is CN(C)c1ccc(C(c2ccc(N(C)C)cc2)[C@@H]2CC(=O)CCC2=O)cc1. The van der Waals surface area contributed by atoms with E-state index in [2.05, 4.69) is 58.3 Å². The number of ketones is 2. The molecule has 4 nitrogen and oxygen atoms in total. The third-order valence-corrected chi connectivity index (χ3v) is 5.45. The standard InChI is InChI=1S/C23H28N2O2/c1-24(2)18-9-5-16(6-10-18)23(21-15-20(26)13-14-22(21)27)17-7-11-19(12-8-17)25(3)4/h5-12,21,23H,13-15H2,1-4H3/t21-/m1/s1. The van der Waals surface area contributed by atoms with Gasteiger partial charge in [-0.2, -0.15) is 0 Å². The summed E-state index contributed by atoms with van der Waals surface area (Å²) in [5.74, 6) is 0.0308. The highest BCUT2D eigenvalue weighted by molar-refractivity contribution is 5.95. The molecule has 142 valence electrons. The fraction of sp³-hybridized carbons (Fsp3) is 0.391. The summed E-state index contributed by atoms with van der Waals surface area (Å²) in [4.78, 5) is 28.9. The number of carbonyl (C=O) groups excluding carboxylic acids is 2. The van der Waals surface area contributed by atoms with Crippen molar-refractivity contribution in [2.24, 2.45) is 5.92 Å². The molecule has 4 heteroatoms. The third kappa shape index (κ3) is 4.21. The molecule has 0 N–H and O–H groups in total. The molecular formula is C23H28N2O2. The van der Waals surface area contributed by atoms with Crippen molar-refractivity contribution < 1.29 is 9.59 Å². The first-order valence-corrected chi connectivity index (χ1v) is 9.46. The summed E-state index contributed by atoms with van der Waals surface area (Å²) in [6, 6.07) is 16.7. The zero-order chi connectivity index (χ0) is 19.6. The van der Waals surface area contributed by atoms with Crippen molar-refractivity contribution >= 4 is 22.9 Å². The molecule has 0 bridgehead atoms. The van der Waals surface area contributed by atoms with E-state index in [1.807, 2.05) is 28.2 Å². The van der Waals surface area contributed by atoms with E-state index in [9.17, 15) is 9.59 Å². The second-order valence-electron chi connectivity index (χ2n) is 7.77. The lowest BCUT2D eigenvalue weighted by Gasteiger charge is -2.30. The first kappa shape index (κ1) is 19.2. The first-order valence-electron chi connectivity index (χ1n) is 9.46. The Hall–Kier alpha value is -2.62. The minimum Gasteiger partial charge on any atom is -0.378 e. The zero-order valence-electron chi connectivity index (χ0n) is 16.6. The van der Waals surface area contributed by atoms with Gasteiger partial charge in [-0.15, -0.1) is 0 Å². The average Bonchev–Trinajstić information content (AvgIpc) is 2.65. The quantitative estimate of drug-likeness (QED) is 0.807. The first-order chi connectivity index (χ1) is 12.9. The van der Waals surface area contributed by atoms with Crippen LogP contribution >= 0.6 is 0 Å². The van der Waals surface area contributed by atoms with Gasteiger partial charge in [-0.25, -0.2) is 0 Å². The van der Waals surface area contributed by atoms with Crippen molar-refractivity contribution in [3.63, 3.8) is 0 Å². The summed E-state index contributed by atoms with van der Waals surface area (Å²) >= 11 is 0. The predicted molar refractivity (Wildman–Crippen MR) is 111 cm³/mol. The Bertz CT molecular complexity index is 756. The lowest BCUT2D eigenvalue weighted by atomic mass is 9.72. The van der Waals surface area contributed by atoms with E-state index in [0.717, 1.165) is 22.5 Å². The van der Waals surface area contributed by atoms with Crippen molar-refractivity contribution in [2.75, 3.05) is 38.0 Å². The Morgan fingerprint density at radius 1 is 0.741 bits per heavy atom. The predicted octanol–water partition coefficient (Wildman–Crippen LogP) is 3.89. The fourth-order valence-corrected chi connectivity index (χ4v) is 3.83. The van der Waals surface area contributed by atoms with Gasteiger partial charge in [-0.05, 0) is 35.4 Å². The highest BCUT2D eigenvalue weighted by Crippen LogP contribution is 2.39. The maximum atomic E-state index is 12.7. The Balaban J connectivity index is 2.02. The maximum absolute atomic E-state index is 12.7. The molecule has 0 heterocycles. The topological polar surface area (TPSA) is 40.6 Å². The van der Waals surface area contributed by atoms with Gasteiger partial charge in [0.1, 0.15) is 11.6 Å². The fourth-order valence-electron chi connectivity index (χ4n) is 3.83. The van der Waals surface area contributed by atoms with Crippen LogP contribution in [0.25, 0.3) is 0 Å². The molecule has 0 radical (unpaired) electrons. The Morgan fingerprint density at radius 3 is 1.59 bits per heavy atom.